The molecule has 7 heteroatoms. The van der Waals surface area contributed by atoms with Crippen LogP contribution < -0.4 is 9.47 Å². The van der Waals surface area contributed by atoms with E-state index in [1.807, 2.05) is 37.3 Å². The van der Waals surface area contributed by atoms with Crippen molar-refractivity contribution in [1.82, 2.24) is 4.90 Å². The molecule has 0 unspecified atom stereocenters. The largest absolute Gasteiger partial charge is 0.508 e. The van der Waals surface area contributed by atoms with E-state index in [0.29, 0.717) is 23.7 Å². The molecule has 184 valence electrons. The van der Waals surface area contributed by atoms with Gasteiger partial charge in [-0.1, -0.05) is 18.2 Å². The number of phenolic OH excluding ortho intramolecular Hbond substituents is 1. The molecule has 36 heavy (non-hydrogen) atoms. The number of phenols is 1. The highest BCUT2D eigenvalue weighted by atomic mass is 19.1. The second-order valence-corrected chi connectivity index (χ2v) is 9.22. The van der Waals surface area contributed by atoms with Crippen molar-refractivity contribution in [2.45, 2.75) is 13.0 Å². The Labute approximate surface area is 208 Å². The van der Waals surface area contributed by atoms with Gasteiger partial charge in [-0.15, -0.1) is 0 Å². The fraction of sp³-hybridized carbons (Fsp3) is 0.276. The fourth-order valence-corrected chi connectivity index (χ4v) is 4.81. The molecule has 5 nitrogen and oxygen atoms in total. The van der Waals surface area contributed by atoms with E-state index >= 15 is 0 Å². The van der Waals surface area contributed by atoms with Gasteiger partial charge in [0, 0.05) is 36.7 Å². The second kappa shape index (κ2) is 10.00. The van der Waals surface area contributed by atoms with Crippen molar-refractivity contribution >= 4 is 11.1 Å². The topological polar surface area (TPSA) is 65.7 Å². The van der Waals surface area contributed by atoms with Crippen LogP contribution in [0.3, 0.4) is 0 Å². The van der Waals surface area contributed by atoms with Crippen LogP contribution in [0, 0.1) is 23.1 Å². The van der Waals surface area contributed by atoms with Crippen molar-refractivity contribution < 1.29 is 23.4 Å². The maximum Gasteiger partial charge on any atom is 0.150 e. The van der Waals surface area contributed by atoms with E-state index in [1.165, 1.54) is 12.1 Å². The van der Waals surface area contributed by atoms with E-state index in [9.17, 15) is 13.9 Å². The van der Waals surface area contributed by atoms with E-state index < -0.39 is 11.9 Å². The molecule has 0 aliphatic carbocycles. The molecule has 1 saturated heterocycles. The molecule has 0 spiro atoms. The van der Waals surface area contributed by atoms with Crippen LogP contribution >= 0.6 is 0 Å². The first-order valence-electron chi connectivity index (χ1n) is 11.9. The van der Waals surface area contributed by atoms with E-state index in [1.54, 1.807) is 24.3 Å². The number of fused-ring (bicyclic) bond motifs is 1. The average molecular weight is 489 g/mol. The number of nitriles is 1. The highest BCUT2D eigenvalue weighted by Crippen LogP contribution is 2.47. The first-order valence-corrected chi connectivity index (χ1v) is 11.9. The Bertz CT molecular complexity index is 1340. The Morgan fingerprint density at radius 3 is 2.58 bits per heavy atom. The van der Waals surface area contributed by atoms with Crippen LogP contribution in [0.1, 0.15) is 35.3 Å². The van der Waals surface area contributed by atoms with Crippen molar-refractivity contribution in [3.05, 3.63) is 88.7 Å². The molecule has 0 aromatic heterocycles. The van der Waals surface area contributed by atoms with Gasteiger partial charge < -0.3 is 14.6 Å². The molecule has 1 atom stereocenters. The van der Waals surface area contributed by atoms with Crippen LogP contribution in [-0.2, 0) is 0 Å². The van der Waals surface area contributed by atoms with E-state index in [2.05, 4.69) is 4.90 Å². The summed E-state index contributed by atoms with van der Waals surface area (Å²) < 4.78 is 39.4. The molecule has 0 amide bonds. The minimum atomic E-state index is -0.598. The van der Waals surface area contributed by atoms with Crippen molar-refractivity contribution in [2.24, 2.45) is 5.92 Å². The van der Waals surface area contributed by atoms with E-state index in [0.717, 1.165) is 41.9 Å². The molecule has 0 bridgehead atoms. The number of nitrogens with zero attached hydrogens (tertiary/aromatic N) is 2. The lowest BCUT2D eigenvalue weighted by Gasteiger charge is -2.37. The van der Waals surface area contributed by atoms with Crippen molar-refractivity contribution in [3.63, 3.8) is 0 Å². The van der Waals surface area contributed by atoms with Crippen LogP contribution in [0.25, 0.3) is 11.1 Å². The lowest BCUT2D eigenvalue weighted by Crippen LogP contribution is -2.49. The van der Waals surface area contributed by atoms with E-state index in [-0.39, 0.29) is 23.9 Å². The highest BCUT2D eigenvalue weighted by molar-refractivity contribution is 5.95. The number of hydrogen-bond acceptors (Lipinski definition) is 5. The Hall–Kier alpha value is -3.89. The Morgan fingerprint density at radius 2 is 1.89 bits per heavy atom. The number of likely N-dealkylation sites (tertiary alicyclic amines) is 1. The van der Waals surface area contributed by atoms with Gasteiger partial charge in [0.05, 0.1) is 12.2 Å². The van der Waals surface area contributed by atoms with Crippen LogP contribution in [0.15, 0.2) is 60.7 Å². The zero-order valence-electron chi connectivity index (χ0n) is 19.9. The van der Waals surface area contributed by atoms with Gasteiger partial charge in [-0.2, -0.15) is 5.26 Å². The third kappa shape index (κ3) is 4.65. The molecule has 0 radical (unpaired) electrons. The summed E-state index contributed by atoms with van der Waals surface area (Å²) in [6.07, 6.45) is -0.526. The maximum atomic E-state index is 14.6. The predicted molar refractivity (Wildman–Crippen MR) is 133 cm³/mol. The van der Waals surface area contributed by atoms with Gasteiger partial charge in [-0.25, -0.2) is 4.39 Å². The van der Waals surface area contributed by atoms with Crippen LogP contribution in [-0.4, -0.2) is 42.9 Å². The van der Waals surface area contributed by atoms with Gasteiger partial charge in [-0.05, 0) is 66.1 Å². The standard InChI is InChI=1S/C29H26F2N2O3/c1-18-25-13-23(34)6-9-27(25)36-29(28(18)21-2-3-22(15-32)26(31)12-21)20-4-7-24(8-5-20)35-11-10-33-16-19(14-30)17-33/h2-9,12-13,19,29,34H,10-11,14,16-17H2,1H3/t29-/m0/s1. The van der Waals surface area contributed by atoms with Crippen molar-refractivity contribution in [3.8, 4) is 23.3 Å². The number of rotatable bonds is 7. The molecule has 5 rings (SSSR count). The summed E-state index contributed by atoms with van der Waals surface area (Å²) in [5.41, 5.74) is 3.77. The zero-order valence-corrected chi connectivity index (χ0v) is 19.9. The molecular formula is C29H26F2N2O3. The average Bonchev–Trinajstić information content (AvgIpc) is 2.86. The number of halogens is 2. The van der Waals surface area contributed by atoms with Gasteiger partial charge in [-0.3, -0.25) is 9.29 Å². The van der Waals surface area contributed by atoms with Crippen molar-refractivity contribution in [1.29, 1.82) is 5.26 Å². The quantitative estimate of drug-likeness (QED) is 0.459. The minimum absolute atomic E-state index is 0.0248. The molecular weight excluding hydrogens is 462 g/mol. The monoisotopic (exact) mass is 488 g/mol. The summed E-state index contributed by atoms with van der Waals surface area (Å²) in [6, 6.07) is 18.9. The number of aromatic hydroxyl groups is 1. The summed E-state index contributed by atoms with van der Waals surface area (Å²) >= 11 is 0. The van der Waals surface area contributed by atoms with Gasteiger partial charge in [0.25, 0.3) is 0 Å². The van der Waals surface area contributed by atoms with Gasteiger partial charge in [0.1, 0.15) is 41.8 Å². The molecule has 3 aromatic rings. The molecule has 0 saturated carbocycles. The molecule has 2 aliphatic heterocycles. The minimum Gasteiger partial charge on any atom is -0.508 e. The molecule has 2 heterocycles. The summed E-state index contributed by atoms with van der Waals surface area (Å²) in [6.45, 7) is 4.48. The normalized spacial score (nSPS) is 17.7. The Kier molecular flexibility index (Phi) is 6.62. The summed E-state index contributed by atoms with van der Waals surface area (Å²) in [4.78, 5) is 2.17. The highest BCUT2D eigenvalue weighted by Gasteiger charge is 2.30. The predicted octanol–water partition coefficient (Wildman–Crippen LogP) is 5.75. The molecule has 3 aromatic carbocycles. The van der Waals surface area contributed by atoms with Crippen molar-refractivity contribution in [2.75, 3.05) is 32.9 Å². The van der Waals surface area contributed by atoms with E-state index in [4.69, 9.17) is 14.7 Å². The Morgan fingerprint density at radius 1 is 1.11 bits per heavy atom. The number of hydrogen-bond donors (Lipinski definition) is 1. The zero-order chi connectivity index (χ0) is 25.2. The summed E-state index contributed by atoms with van der Waals surface area (Å²) in [5.74, 6) is 1.01. The molecule has 1 N–H and O–H groups in total. The fourth-order valence-electron chi connectivity index (χ4n) is 4.81. The first-order chi connectivity index (χ1) is 17.5. The smallest absolute Gasteiger partial charge is 0.150 e. The second-order valence-electron chi connectivity index (χ2n) is 9.22. The number of allylic oxidation sites excluding steroid dienone is 1. The van der Waals surface area contributed by atoms with Crippen LogP contribution in [0.5, 0.6) is 17.2 Å². The van der Waals surface area contributed by atoms with Gasteiger partial charge in [0.2, 0.25) is 0 Å². The summed E-state index contributed by atoms with van der Waals surface area (Å²) in [7, 11) is 0. The number of ether oxygens (including phenoxy) is 2. The molecule has 2 aliphatic rings. The third-order valence-electron chi connectivity index (χ3n) is 6.79. The maximum absolute atomic E-state index is 14.6. The SMILES string of the molecule is CC1=C(c2ccc(C#N)c(F)c2)[C@H](c2ccc(OCCN3CC(CF)C3)cc2)Oc2ccc(O)cc21. The number of benzene rings is 3. The van der Waals surface area contributed by atoms with Gasteiger partial charge >= 0.3 is 0 Å². The van der Waals surface area contributed by atoms with Crippen LogP contribution in [0.2, 0.25) is 0 Å². The lowest BCUT2D eigenvalue weighted by molar-refractivity contribution is 0.0668. The summed E-state index contributed by atoms with van der Waals surface area (Å²) in [5, 5.41) is 19.2. The Balaban J connectivity index is 1.41. The third-order valence-corrected chi connectivity index (χ3v) is 6.79. The number of alkyl halides is 1. The lowest BCUT2D eigenvalue weighted by atomic mass is 9.86. The van der Waals surface area contributed by atoms with Gasteiger partial charge in [0.15, 0.2) is 0 Å². The first kappa shape index (κ1) is 23.8. The molecule has 1 fully saturated rings. The van der Waals surface area contributed by atoms with Crippen LogP contribution in [0.4, 0.5) is 8.78 Å².